The standard InChI is InChI=1S/C18H24O3/c1-2-17(19)15-13-11-9-7-5-3-4-6-8-10-12-14-16-18(20)21/h2-3,5,17,19H,1,4,6-8,10,12,14,16H2,(H,20,21)/b5-3+/t17-/m0/s1. The molecule has 3 heteroatoms. The molecule has 0 heterocycles. The molecule has 0 spiro atoms. The molecule has 2 N–H and O–H groups in total. The van der Waals surface area contributed by atoms with Crippen molar-refractivity contribution in [1.82, 2.24) is 0 Å². The minimum Gasteiger partial charge on any atom is -0.481 e. The summed E-state index contributed by atoms with van der Waals surface area (Å²) in [5, 5.41) is 17.5. The maximum atomic E-state index is 10.3. The zero-order valence-corrected chi connectivity index (χ0v) is 12.5. The molecule has 0 aliphatic carbocycles. The predicted octanol–water partition coefficient (Wildman–Crippen LogP) is 3.30. The summed E-state index contributed by atoms with van der Waals surface area (Å²) >= 11 is 0. The number of aliphatic hydroxyl groups is 1. The molecular formula is C18H24O3. The maximum Gasteiger partial charge on any atom is 0.303 e. The van der Waals surface area contributed by atoms with Gasteiger partial charge in [-0.1, -0.05) is 55.9 Å². The topological polar surface area (TPSA) is 57.5 Å². The number of hydrogen-bond donors (Lipinski definition) is 2. The normalized spacial score (nSPS) is 11.1. The van der Waals surface area contributed by atoms with Gasteiger partial charge in [-0.3, -0.25) is 4.79 Å². The molecule has 0 rings (SSSR count). The van der Waals surface area contributed by atoms with Gasteiger partial charge in [-0.15, -0.1) is 0 Å². The lowest BCUT2D eigenvalue weighted by Crippen LogP contribution is -1.94. The van der Waals surface area contributed by atoms with E-state index in [9.17, 15) is 4.79 Å². The highest BCUT2D eigenvalue weighted by Gasteiger charge is 1.95. The molecule has 0 aliphatic rings. The van der Waals surface area contributed by atoms with Crippen molar-refractivity contribution in [2.75, 3.05) is 0 Å². The Hall–Kier alpha value is -1.97. The van der Waals surface area contributed by atoms with E-state index >= 15 is 0 Å². The molecule has 0 aliphatic heterocycles. The van der Waals surface area contributed by atoms with E-state index in [4.69, 9.17) is 10.2 Å². The van der Waals surface area contributed by atoms with Crippen molar-refractivity contribution >= 4 is 5.97 Å². The first kappa shape index (κ1) is 19.0. The van der Waals surface area contributed by atoms with Gasteiger partial charge in [0.1, 0.15) is 6.10 Å². The van der Waals surface area contributed by atoms with Crippen LogP contribution in [0.2, 0.25) is 0 Å². The molecule has 114 valence electrons. The Morgan fingerprint density at radius 1 is 1.10 bits per heavy atom. The van der Waals surface area contributed by atoms with Crippen molar-refractivity contribution in [3.63, 3.8) is 0 Å². The van der Waals surface area contributed by atoms with Gasteiger partial charge in [0.25, 0.3) is 0 Å². The molecule has 0 bridgehead atoms. The van der Waals surface area contributed by atoms with Crippen LogP contribution >= 0.6 is 0 Å². The fraction of sp³-hybridized carbons (Fsp3) is 0.500. The van der Waals surface area contributed by atoms with Crippen LogP contribution in [0.25, 0.3) is 0 Å². The van der Waals surface area contributed by atoms with E-state index in [1.54, 1.807) is 0 Å². The third-order valence-electron chi connectivity index (χ3n) is 2.74. The third-order valence-corrected chi connectivity index (χ3v) is 2.74. The van der Waals surface area contributed by atoms with Crippen LogP contribution in [0, 0.1) is 23.7 Å². The number of hydrogen-bond acceptors (Lipinski definition) is 2. The third kappa shape index (κ3) is 16.0. The summed E-state index contributed by atoms with van der Waals surface area (Å²) in [5.74, 6) is 9.94. The van der Waals surface area contributed by atoms with Crippen molar-refractivity contribution in [2.45, 2.75) is 57.5 Å². The first-order valence-corrected chi connectivity index (χ1v) is 7.32. The van der Waals surface area contributed by atoms with E-state index in [1.807, 2.05) is 6.08 Å². The number of carboxylic acid groups (broad SMARTS) is 1. The summed E-state index contributed by atoms with van der Waals surface area (Å²) in [5.41, 5.74) is 0. The van der Waals surface area contributed by atoms with Crippen LogP contribution in [-0.4, -0.2) is 22.3 Å². The molecule has 0 amide bonds. The Balaban J connectivity index is 3.44. The summed E-state index contributed by atoms with van der Waals surface area (Å²) < 4.78 is 0. The fourth-order valence-electron chi connectivity index (χ4n) is 1.59. The lowest BCUT2D eigenvalue weighted by atomic mass is 10.1. The van der Waals surface area contributed by atoms with Crippen molar-refractivity contribution in [3.8, 4) is 23.7 Å². The fourth-order valence-corrected chi connectivity index (χ4v) is 1.59. The van der Waals surface area contributed by atoms with Gasteiger partial charge in [-0.05, 0) is 31.1 Å². The minimum absolute atomic E-state index is 0.283. The molecule has 0 aromatic carbocycles. The highest BCUT2D eigenvalue weighted by atomic mass is 16.4. The zero-order chi connectivity index (χ0) is 15.8. The predicted molar refractivity (Wildman–Crippen MR) is 85.5 cm³/mol. The van der Waals surface area contributed by atoms with Crippen LogP contribution in [0.5, 0.6) is 0 Å². The highest BCUT2D eigenvalue weighted by molar-refractivity contribution is 5.66. The lowest BCUT2D eigenvalue weighted by molar-refractivity contribution is -0.137. The lowest BCUT2D eigenvalue weighted by Gasteiger charge is -1.97. The molecule has 3 nitrogen and oxygen atoms in total. The second-order valence-corrected chi connectivity index (χ2v) is 4.63. The van der Waals surface area contributed by atoms with Crippen molar-refractivity contribution in [2.24, 2.45) is 0 Å². The number of carboxylic acids is 1. The Morgan fingerprint density at radius 2 is 1.81 bits per heavy atom. The molecule has 0 saturated carbocycles. The van der Waals surface area contributed by atoms with Gasteiger partial charge in [-0.2, -0.15) is 0 Å². The van der Waals surface area contributed by atoms with E-state index in [1.165, 1.54) is 6.08 Å². The Bertz CT molecular complexity index is 441. The average molecular weight is 288 g/mol. The van der Waals surface area contributed by atoms with Crippen LogP contribution < -0.4 is 0 Å². The molecule has 0 unspecified atom stereocenters. The minimum atomic E-state index is -0.801. The molecule has 0 aromatic rings. The van der Waals surface area contributed by atoms with Crippen LogP contribution in [0.3, 0.4) is 0 Å². The second-order valence-electron chi connectivity index (χ2n) is 4.63. The van der Waals surface area contributed by atoms with Gasteiger partial charge in [0.2, 0.25) is 0 Å². The number of unbranched alkanes of at least 4 members (excludes halogenated alkanes) is 5. The van der Waals surface area contributed by atoms with Crippen molar-refractivity contribution < 1.29 is 15.0 Å². The van der Waals surface area contributed by atoms with E-state index in [0.717, 1.165) is 38.5 Å². The van der Waals surface area contributed by atoms with Gasteiger partial charge in [0, 0.05) is 12.8 Å². The van der Waals surface area contributed by atoms with Gasteiger partial charge >= 0.3 is 5.97 Å². The summed E-state index contributed by atoms with van der Waals surface area (Å²) in [7, 11) is 0. The van der Waals surface area contributed by atoms with E-state index in [-0.39, 0.29) is 6.42 Å². The molecular weight excluding hydrogens is 264 g/mol. The molecule has 0 saturated heterocycles. The summed E-state index contributed by atoms with van der Waals surface area (Å²) in [6.45, 7) is 3.41. The SMILES string of the molecule is C=C[C@H](O)C#CC#CC/C=C/CCCCCCCC(=O)O. The maximum absolute atomic E-state index is 10.3. The first-order valence-electron chi connectivity index (χ1n) is 7.32. The van der Waals surface area contributed by atoms with Gasteiger partial charge in [0.05, 0.1) is 0 Å². The first-order chi connectivity index (χ1) is 10.2. The Kier molecular flexibility index (Phi) is 13.1. The summed E-state index contributed by atoms with van der Waals surface area (Å²) in [4.78, 5) is 10.3. The van der Waals surface area contributed by atoms with Crippen molar-refractivity contribution in [3.05, 3.63) is 24.8 Å². The van der Waals surface area contributed by atoms with E-state index in [2.05, 4.69) is 36.3 Å². The van der Waals surface area contributed by atoms with Gasteiger partial charge < -0.3 is 10.2 Å². The quantitative estimate of drug-likeness (QED) is 0.368. The number of rotatable bonds is 10. The zero-order valence-electron chi connectivity index (χ0n) is 12.5. The molecule has 0 radical (unpaired) electrons. The van der Waals surface area contributed by atoms with Crippen LogP contribution in [-0.2, 0) is 4.79 Å². The highest BCUT2D eigenvalue weighted by Crippen LogP contribution is 2.07. The Morgan fingerprint density at radius 3 is 2.52 bits per heavy atom. The Labute approximate surface area is 127 Å². The van der Waals surface area contributed by atoms with Crippen LogP contribution in [0.1, 0.15) is 51.4 Å². The monoisotopic (exact) mass is 288 g/mol. The van der Waals surface area contributed by atoms with E-state index < -0.39 is 12.1 Å². The smallest absolute Gasteiger partial charge is 0.303 e. The van der Waals surface area contributed by atoms with Crippen LogP contribution in [0.15, 0.2) is 24.8 Å². The summed E-state index contributed by atoms with van der Waals surface area (Å²) in [6.07, 6.45) is 11.8. The second kappa shape index (κ2) is 14.4. The number of aliphatic carboxylic acids is 1. The molecule has 0 aromatic heterocycles. The number of allylic oxidation sites excluding steroid dienone is 2. The van der Waals surface area contributed by atoms with Crippen LogP contribution in [0.4, 0.5) is 0 Å². The molecule has 0 fully saturated rings. The van der Waals surface area contributed by atoms with Gasteiger partial charge in [-0.25, -0.2) is 0 Å². The average Bonchev–Trinajstić information content (AvgIpc) is 2.46. The molecule has 1 atom stereocenters. The molecule has 21 heavy (non-hydrogen) atoms. The van der Waals surface area contributed by atoms with Gasteiger partial charge in [0.15, 0.2) is 0 Å². The number of carbonyl (C=O) groups is 1. The summed E-state index contributed by atoms with van der Waals surface area (Å²) in [6, 6.07) is 0. The van der Waals surface area contributed by atoms with Crippen molar-refractivity contribution in [1.29, 1.82) is 0 Å². The van der Waals surface area contributed by atoms with E-state index in [0.29, 0.717) is 6.42 Å². The number of aliphatic hydroxyl groups excluding tert-OH is 1. The largest absolute Gasteiger partial charge is 0.481 e.